The molecule has 1 heterocycles. The topological polar surface area (TPSA) is 42.1 Å². The molecule has 0 fully saturated rings. The molecule has 0 spiro atoms. The maximum Gasteiger partial charge on any atom is 0.0795 e. The summed E-state index contributed by atoms with van der Waals surface area (Å²) in [5.74, 6) is 0. The first-order valence-electron chi connectivity index (χ1n) is 6.12. The van der Waals surface area contributed by atoms with Gasteiger partial charge in [-0.3, -0.25) is 0 Å². The highest BCUT2D eigenvalue weighted by molar-refractivity contribution is 7.07. The molecule has 0 aliphatic heterocycles. The van der Waals surface area contributed by atoms with Crippen LogP contribution in [0.1, 0.15) is 23.7 Å². The molecule has 0 saturated heterocycles. The average Bonchev–Trinajstić information content (AvgIpc) is 2.90. The molecule has 0 bridgehead atoms. The van der Waals surface area contributed by atoms with Crippen LogP contribution in [-0.4, -0.2) is 23.5 Å². The fraction of sp³-hybridized carbons (Fsp3) is 0.357. The molecule has 0 amide bonds. The van der Waals surface area contributed by atoms with Crippen LogP contribution < -0.4 is 5.73 Å². The number of nitrogens with zero attached hydrogens (tertiary/aromatic N) is 2. The maximum absolute atomic E-state index is 6.18. The van der Waals surface area contributed by atoms with E-state index in [4.69, 9.17) is 5.73 Å². The molecule has 0 saturated carbocycles. The Morgan fingerprint density at radius 2 is 2.11 bits per heavy atom. The van der Waals surface area contributed by atoms with Gasteiger partial charge in [0.05, 0.1) is 11.2 Å². The third-order valence-corrected chi connectivity index (χ3v) is 3.60. The third kappa shape index (κ3) is 3.91. The summed E-state index contributed by atoms with van der Waals surface area (Å²) < 4.78 is 0. The summed E-state index contributed by atoms with van der Waals surface area (Å²) in [6.45, 7) is 1.87. The number of thiazole rings is 1. The van der Waals surface area contributed by atoms with E-state index in [0.717, 1.165) is 25.2 Å². The number of hydrogen-bond donors (Lipinski definition) is 1. The van der Waals surface area contributed by atoms with Crippen molar-refractivity contribution in [2.45, 2.75) is 19.0 Å². The molecular weight excluding hydrogens is 242 g/mol. The Morgan fingerprint density at radius 3 is 2.78 bits per heavy atom. The molecule has 1 unspecified atom stereocenters. The van der Waals surface area contributed by atoms with Gasteiger partial charge in [0.1, 0.15) is 0 Å². The van der Waals surface area contributed by atoms with Crippen LogP contribution in [0.5, 0.6) is 0 Å². The Bertz CT molecular complexity index is 441. The normalized spacial score (nSPS) is 12.8. The minimum absolute atomic E-state index is 0.115. The van der Waals surface area contributed by atoms with Crippen LogP contribution >= 0.6 is 11.3 Å². The molecule has 96 valence electrons. The summed E-state index contributed by atoms with van der Waals surface area (Å²) in [7, 11) is 2.11. The number of aromatic nitrogens is 1. The van der Waals surface area contributed by atoms with Crippen molar-refractivity contribution < 1.29 is 0 Å². The Balaban J connectivity index is 1.77. The van der Waals surface area contributed by atoms with Crippen molar-refractivity contribution in [3.8, 4) is 0 Å². The third-order valence-electron chi connectivity index (χ3n) is 2.96. The molecular formula is C14H19N3S. The molecule has 0 aliphatic carbocycles. The predicted octanol–water partition coefficient (Wildman–Crippen LogP) is 2.67. The lowest BCUT2D eigenvalue weighted by molar-refractivity contribution is 0.308. The molecule has 1 aromatic carbocycles. The number of rotatable bonds is 6. The van der Waals surface area contributed by atoms with Gasteiger partial charge in [-0.05, 0) is 19.0 Å². The summed E-state index contributed by atoms with van der Waals surface area (Å²) in [6, 6.07) is 10.4. The average molecular weight is 261 g/mol. The van der Waals surface area contributed by atoms with Gasteiger partial charge < -0.3 is 10.6 Å². The summed E-state index contributed by atoms with van der Waals surface area (Å²) in [6.07, 6.45) is 0.963. The molecule has 3 nitrogen and oxygen atoms in total. The first kappa shape index (κ1) is 13.2. The molecule has 2 aromatic rings. The summed E-state index contributed by atoms with van der Waals surface area (Å²) >= 11 is 1.64. The van der Waals surface area contributed by atoms with E-state index >= 15 is 0 Å². The molecule has 2 N–H and O–H groups in total. The van der Waals surface area contributed by atoms with Crippen molar-refractivity contribution in [1.29, 1.82) is 0 Å². The molecule has 0 aliphatic rings. The van der Waals surface area contributed by atoms with Gasteiger partial charge >= 0.3 is 0 Å². The number of hydrogen-bond acceptors (Lipinski definition) is 4. The number of nitrogens with two attached hydrogens (primary N) is 1. The van der Waals surface area contributed by atoms with Crippen molar-refractivity contribution in [3.05, 3.63) is 52.5 Å². The fourth-order valence-electron chi connectivity index (χ4n) is 1.90. The maximum atomic E-state index is 6.18. The highest BCUT2D eigenvalue weighted by atomic mass is 32.1. The lowest BCUT2D eigenvalue weighted by Gasteiger charge is -2.18. The molecule has 18 heavy (non-hydrogen) atoms. The number of benzene rings is 1. The minimum Gasteiger partial charge on any atom is -0.324 e. The zero-order chi connectivity index (χ0) is 12.8. The monoisotopic (exact) mass is 261 g/mol. The van der Waals surface area contributed by atoms with Crippen molar-refractivity contribution in [2.24, 2.45) is 5.73 Å². The molecule has 0 radical (unpaired) electrons. The second kappa shape index (κ2) is 6.64. The standard InChI is InChI=1S/C14H19N3S/c1-17(9-13-10-18-11-16-13)8-7-14(15)12-5-3-2-4-6-12/h2-6,10-11,14H,7-9,15H2,1H3. The Labute approximate surface area is 112 Å². The van der Waals surface area contributed by atoms with Crippen molar-refractivity contribution in [1.82, 2.24) is 9.88 Å². The summed E-state index contributed by atoms with van der Waals surface area (Å²) in [5, 5.41) is 2.09. The van der Waals surface area contributed by atoms with Crippen LogP contribution in [0.3, 0.4) is 0 Å². The van der Waals surface area contributed by atoms with E-state index in [0.29, 0.717) is 0 Å². The SMILES string of the molecule is CN(CCC(N)c1ccccc1)Cc1cscn1. The Morgan fingerprint density at radius 1 is 1.33 bits per heavy atom. The van der Waals surface area contributed by atoms with E-state index in [-0.39, 0.29) is 6.04 Å². The lowest BCUT2D eigenvalue weighted by Crippen LogP contribution is -2.23. The van der Waals surface area contributed by atoms with Crippen molar-refractivity contribution in [2.75, 3.05) is 13.6 Å². The van der Waals surface area contributed by atoms with E-state index in [2.05, 4.69) is 34.4 Å². The van der Waals surface area contributed by atoms with Gasteiger partial charge in [-0.25, -0.2) is 4.98 Å². The van der Waals surface area contributed by atoms with Gasteiger partial charge in [0.15, 0.2) is 0 Å². The zero-order valence-corrected chi connectivity index (χ0v) is 11.4. The van der Waals surface area contributed by atoms with Gasteiger partial charge in [0.25, 0.3) is 0 Å². The molecule has 1 aromatic heterocycles. The smallest absolute Gasteiger partial charge is 0.0795 e. The van der Waals surface area contributed by atoms with Crippen molar-refractivity contribution >= 4 is 11.3 Å². The van der Waals surface area contributed by atoms with E-state index in [1.54, 1.807) is 11.3 Å². The fourth-order valence-corrected chi connectivity index (χ4v) is 2.45. The molecule has 1 atom stereocenters. The Hall–Kier alpha value is -1.23. The van der Waals surface area contributed by atoms with Crippen LogP contribution in [0.25, 0.3) is 0 Å². The van der Waals surface area contributed by atoms with Crippen LogP contribution in [0.2, 0.25) is 0 Å². The molecule has 4 heteroatoms. The van der Waals surface area contributed by atoms with Crippen LogP contribution in [0.4, 0.5) is 0 Å². The zero-order valence-electron chi connectivity index (χ0n) is 10.6. The first-order chi connectivity index (χ1) is 8.75. The van der Waals surface area contributed by atoms with Gasteiger partial charge in [-0.2, -0.15) is 0 Å². The van der Waals surface area contributed by atoms with Gasteiger partial charge in [-0.15, -0.1) is 11.3 Å². The molecule has 2 rings (SSSR count). The highest BCUT2D eigenvalue weighted by Gasteiger charge is 2.08. The van der Waals surface area contributed by atoms with Gasteiger partial charge in [0.2, 0.25) is 0 Å². The Kier molecular flexibility index (Phi) is 4.87. The second-order valence-corrected chi connectivity index (χ2v) is 5.24. The quantitative estimate of drug-likeness (QED) is 0.869. The van der Waals surface area contributed by atoms with E-state index < -0.39 is 0 Å². The van der Waals surface area contributed by atoms with E-state index in [9.17, 15) is 0 Å². The first-order valence-corrected chi connectivity index (χ1v) is 7.06. The van der Waals surface area contributed by atoms with E-state index in [1.807, 2.05) is 23.7 Å². The van der Waals surface area contributed by atoms with Gasteiger partial charge in [0, 0.05) is 24.5 Å². The van der Waals surface area contributed by atoms with E-state index in [1.165, 1.54) is 5.56 Å². The summed E-state index contributed by atoms with van der Waals surface area (Å²) in [5.41, 5.74) is 10.4. The largest absolute Gasteiger partial charge is 0.324 e. The second-order valence-electron chi connectivity index (χ2n) is 4.52. The van der Waals surface area contributed by atoms with Crippen LogP contribution in [-0.2, 0) is 6.54 Å². The lowest BCUT2D eigenvalue weighted by atomic mass is 10.0. The minimum atomic E-state index is 0.115. The van der Waals surface area contributed by atoms with Crippen LogP contribution in [0, 0.1) is 0 Å². The van der Waals surface area contributed by atoms with Gasteiger partial charge in [-0.1, -0.05) is 30.3 Å². The highest BCUT2D eigenvalue weighted by Crippen LogP contribution is 2.14. The van der Waals surface area contributed by atoms with Crippen molar-refractivity contribution in [3.63, 3.8) is 0 Å². The van der Waals surface area contributed by atoms with Crippen LogP contribution in [0.15, 0.2) is 41.2 Å². The summed E-state index contributed by atoms with van der Waals surface area (Å²) in [4.78, 5) is 6.55. The predicted molar refractivity (Wildman–Crippen MR) is 76.4 cm³/mol.